The molecule has 1 saturated heterocycles. The van der Waals surface area contributed by atoms with E-state index in [1.54, 1.807) is 7.11 Å². The van der Waals surface area contributed by atoms with Crippen LogP contribution in [0.4, 0.5) is 11.4 Å². The standard InChI is InChI=1S/C13H22N4O3S/c1-20-10-5-15-21(18,19)17-8-6-16(7-9-17)13-4-2-3-12(14)11-13/h2-4,11,15H,5-10,14H2,1H3. The van der Waals surface area contributed by atoms with Crippen LogP contribution in [0.1, 0.15) is 0 Å². The van der Waals surface area contributed by atoms with Crippen molar-refractivity contribution in [2.45, 2.75) is 0 Å². The maximum Gasteiger partial charge on any atom is 0.279 e. The molecule has 0 radical (unpaired) electrons. The second-order valence-corrected chi connectivity index (χ2v) is 6.63. The second kappa shape index (κ2) is 7.08. The maximum atomic E-state index is 12.1. The average molecular weight is 314 g/mol. The van der Waals surface area contributed by atoms with Gasteiger partial charge in [-0.25, -0.2) is 0 Å². The molecule has 118 valence electrons. The zero-order chi connectivity index (χ0) is 15.3. The number of nitrogens with two attached hydrogens (primary N) is 1. The Morgan fingerprint density at radius 1 is 1.29 bits per heavy atom. The molecule has 0 atom stereocenters. The van der Waals surface area contributed by atoms with Crippen LogP contribution in [-0.4, -0.2) is 59.2 Å². The lowest BCUT2D eigenvalue weighted by atomic mass is 10.2. The summed E-state index contributed by atoms with van der Waals surface area (Å²) in [7, 11) is -1.88. The summed E-state index contributed by atoms with van der Waals surface area (Å²) in [5, 5.41) is 0. The van der Waals surface area contributed by atoms with Gasteiger partial charge in [-0.15, -0.1) is 0 Å². The van der Waals surface area contributed by atoms with Crippen LogP contribution in [0.3, 0.4) is 0 Å². The zero-order valence-corrected chi connectivity index (χ0v) is 13.0. The Hall–Kier alpha value is -1.35. The topological polar surface area (TPSA) is 87.9 Å². The van der Waals surface area contributed by atoms with E-state index in [9.17, 15) is 8.42 Å². The molecule has 0 saturated carbocycles. The first-order valence-electron chi connectivity index (χ1n) is 6.87. The fourth-order valence-corrected chi connectivity index (χ4v) is 3.44. The largest absolute Gasteiger partial charge is 0.399 e. The SMILES string of the molecule is COCCNS(=O)(=O)N1CCN(c2cccc(N)c2)CC1. The molecule has 3 N–H and O–H groups in total. The molecule has 0 unspecified atom stereocenters. The Bertz CT molecular complexity index is 556. The van der Waals surface area contributed by atoms with Crippen molar-refractivity contribution >= 4 is 21.6 Å². The number of benzene rings is 1. The summed E-state index contributed by atoms with van der Waals surface area (Å²) in [6.07, 6.45) is 0. The Morgan fingerprint density at radius 3 is 2.62 bits per heavy atom. The third-order valence-electron chi connectivity index (χ3n) is 3.40. The van der Waals surface area contributed by atoms with Crippen LogP contribution in [0.25, 0.3) is 0 Å². The number of ether oxygens (including phenoxy) is 1. The molecular weight excluding hydrogens is 292 g/mol. The summed E-state index contributed by atoms with van der Waals surface area (Å²) in [5.74, 6) is 0. The molecule has 1 aliphatic heterocycles. The maximum absolute atomic E-state index is 12.1. The third kappa shape index (κ3) is 4.31. The molecule has 0 aromatic heterocycles. The lowest BCUT2D eigenvalue weighted by Crippen LogP contribution is -2.52. The van der Waals surface area contributed by atoms with Crippen LogP contribution >= 0.6 is 0 Å². The Kier molecular flexibility index (Phi) is 5.40. The molecular formula is C13H22N4O3S. The molecule has 0 amide bonds. The minimum Gasteiger partial charge on any atom is -0.399 e. The zero-order valence-electron chi connectivity index (χ0n) is 12.2. The van der Waals surface area contributed by atoms with E-state index >= 15 is 0 Å². The van der Waals surface area contributed by atoms with Gasteiger partial charge in [0.25, 0.3) is 10.2 Å². The summed E-state index contributed by atoms with van der Waals surface area (Å²) >= 11 is 0. The molecule has 8 heteroatoms. The number of hydrogen-bond acceptors (Lipinski definition) is 5. The molecule has 1 aromatic rings. The quantitative estimate of drug-likeness (QED) is 0.564. The van der Waals surface area contributed by atoms with E-state index in [4.69, 9.17) is 10.5 Å². The first kappa shape index (κ1) is 16.0. The molecule has 1 fully saturated rings. The van der Waals surface area contributed by atoms with Gasteiger partial charge in [0.15, 0.2) is 0 Å². The van der Waals surface area contributed by atoms with E-state index in [2.05, 4.69) is 9.62 Å². The number of hydrogen-bond donors (Lipinski definition) is 2. The van der Waals surface area contributed by atoms with Gasteiger partial charge in [0, 0.05) is 51.2 Å². The highest BCUT2D eigenvalue weighted by Gasteiger charge is 2.26. The molecule has 2 rings (SSSR count). The van der Waals surface area contributed by atoms with Crippen LogP contribution in [-0.2, 0) is 14.9 Å². The lowest BCUT2D eigenvalue weighted by molar-refractivity contribution is 0.203. The fourth-order valence-electron chi connectivity index (χ4n) is 2.27. The first-order valence-corrected chi connectivity index (χ1v) is 8.31. The van der Waals surface area contributed by atoms with E-state index in [0.717, 1.165) is 5.69 Å². The van der Waals surface area contributed by atoms with Gasteiger partial charge in [-0.05, 0) is 18.2 Å². The number of methoxy groups -OCH3 is 1. The molecule has 0 bridgehead atoms. The summed E-state index contributed by atoms with van der Waals surface area (Å²) < 4.78 is 33.0. The van der Waals surface area contributed by atoms with Crippen LogP contribution < -0.4 is 15.4 Å². The summed E-state index contributed by atoms with van der Waals surface area (Å²) in [5.41, 5.74) is 7.51. The van der Waals surface area contributed by atoms with Crippen molar-refractivity contribution in [3.63, 3.8) is 0 Å². The van der Waals surface area contributed by atoms with E-state index in [-0.39, 0.29) is 6.54 Å². The predicted molar refractivity (Wildman–Crippen MR) is 83.4 cm³/mol. The van der Waals surface area contributed by atoms with E-state index in [1.807, 2.05) is 24.3 Å². The minimum absolute atomic E-state index is 0.286. The Labute approximate surface area is 125 Å². The van der Waals surface area contributed by atoms with Gasteiger partial charge >= 0.3 is 0 Å². The average Bonchev–Trinajstić information content (AvgIpc) is 2.47. The normalized spacial score (nSPS) is 17.1. The van der Waals surface area contributed by atoms with Crippen LogP contribution in [0, 0.1) is 0 Å². The van der Waals surface area contributed by atoms with Gasteiger partial charge < -0.3 is 15.4 Å². The number of nitrogens with zero attached hydrogens (tertiary/aromatic N) is 2. The van der Waals surface area contributed by atoms with Gasteiger partial charge in [0.05, 0.1) is 6.61 Å². The number of piperazine rings is 1. The highest BCUT2D eigenvalue weighted by Crippen LogP contribution is 2.19. The highest BCUT2D eigenvalue weighted by molar-refractivity contribution is 7.87. The molecule has 1 heterocycles. The fraction of sp³-hybridized carbons (Fsp3) is 0.538. The van der Waals surface area contributed by atoms with Crippen molar-refractivity contribution in [2.75, 3.05) is 57.1 Å². The highest BCUT2D eigenvalue weighted by atomic mass is 32.2. The molecule has 1 aliphatic rings. The van der Waals surface area contributed by atoms with Crippen LogP contribution in [0.5, 0.6) is 0 Å². The van der Waals surface area contributed by atoms with E-state index in [1.165, 1.54) is 4.31 Å². The van der Waals surface area contributed by atoms with Crippen molar-refractivity contribution in [2.24, 2.45) is 0 Å². The third-order valence-corrected chi connectivity index (χ3v) is 5.02. The minimum atomic E-state index is -3.42. The molecule has 0 aliphatic carbocycles. The van der Waals surface area contributed by atoms with Crippen molar-refractivity contribution in [3.8, 4) is 0 Å². The van der Waals surface area contributed by atoms with Gasteiger partial charge in [0.1, 0.15) is 0 Å². The van der Waals surface area contributed by atoms with Crippen molar-refractivity contribution in [1.82, 2.24) is 9.03 Å². The lowest BCUT2D eigenvalue weighted by Gasteiger charge is -2.35. The molecule has 21 heavy (non-hydrogen) atoms. The number of nitrogens with one attached hydrogen (secondary N) is 1. The summed E-state index contributed by atoms with van der Waals surface area (Å²) in [4.78, 5) is 2.14. The van der Waals surface area contributed by atoms with Crippen molar-refractivity contribution in [3.05, 3.63) is 24.3 Å². The number of nitrogen functional groups attached to an aromatic ring is 1. The Balaban J connectivity index is 1.91. The van der Waals surface area contributed by atoms with E-state index in [0.29, 0.717) is 38.5 Å². The molecule has 1 aromatic carbocycles. The first-order chi connectivity index (χ1) is 10.0. The molecule has 0 spiro atoms. The van der Waals surface area contributed by atoms with Gasteiger partial charge in [-0.2, -0.15) is 17.4 Å². The van der Waals surface area contributed by atoms with Gasteiger partial charge in [-0.3, -0.25) is 0 Å². The smallest absolute Gasteiger partial charge is 0.279 e. The number of rotatable bonds is 6. The van der Waals surface area contributed by atoms with Crippen molar-refractivity contribution < 1.29 is 13.2 Å². The van der Waals surface area contributed by atoms with Crippen LogP contribution in [0.2, 0.25) is 0 Å². The predicted octanol–water partition coefficient (Wildman–Crippen LogP) is -0.128. The number of anilines is 2. The van der Waals surface area contributed by atoms with Gasteiger partial charge in [-0.1, -0.05) is 6.07 Å². The summed E-state index contributed by atoms with van der Waals surface area (Å²) in [6.45, 7) is 2.86. The monoisotopic (exact) mass is 314 g/mol. The second-order valence-electron chi connectivity index (χ2n) is 4.87. The summed E-state index contributed by atoms with van der Waals surface area (Å²) in [6, 6.07) is 7.63. The van der Waals surface area contributed by atoms with E-state index < -0.39 is 10.2 Å². The van der Waals surface area contributed by atoms with Crippen molar-refractivity contribution in [1.29, 1.82) is 0 Å². The molecule has 7 nitrogen and oxygen atoms in total. The Morgan fingerprint density at radius 2 is 2.00 bits per heavy atom. The van der Waals surface area contributed by atoms with Crippen LogP contribution in [0.15, 0.2) is 24.3 Å². The van der Waals surface area contributed by atoms with Gasteiger partial charge in [0.2, 0.25) is 0 Å².